The molecule has 1 atom stereocenters. The molecular weight excluding hydrogens is 202 g/mol. The van der Waals surface area contributed by atoms with E-state index in [4.69, 9.17) is 5.11 Å². The molecule has 1 rings (SSSR count). The molecule has 0 fully saturated rings. The van der Waals surface area contributed by atoms with Gasteiger partial charge in [0.15, 0.2) is 0 Å². The van der Waals surface area contributed by atoms with Crippen LogP contribution in [0.1, 0.15) is 36.9 Å². The smallest absolute Gasteiger partial charge is 0.209 e. The van der Waals surface area contributed by atoms with Crippen molar-refractivity contribution in [2.45, 2.75) is 32.4 Å². The number of aliphatic hydroxyl groups is 1. The second kappa shape index (κ2) is 6.28. The summed E-state index contributed by atoms with van der Waals surface area (Å²) in [5.74, 6) is 0. The quantitative estimate of drug-likeness (QED) is 0.747. The van der Waals surface area contributed by atoms with Crippen LogP contribution >= 0.6 is 0 Å². The summed E-state index contributed by atoms with van der Waals surface area (Å²) in [6.07, 6.45) is 2.85. The van der Waals surface area contributed by atoms with Crippen molar-refractivity contribution in [1.29, 1.82) is 0 Å². The highest BCUT2D eigenvalue weighted by atomic mass is 16.3. The molecule has 0 aliphatic rings. The average Bonchev–Trinajstić information content (AvgIpc) is 2.35. The number of carbonyl (C=O) groups is 1. The van der Waals surface area contributed by atoms with Crippen LogP contribution in [-0.2, 0) is 11.4 Å². The maximum atomic E-state index is 10.8. The molecule has 0 spiro atoms. The fourth-order valence-electron chi connectivity index (χ4n) is 1.80. The summed E-state index contributed by atoms with van der Waals surface area (Å²) < 4.78 is 0. The van der Waals surface area contributed by atoms with Crippen molar-refractivity contribution in [3.05, 3.63) is 35.4 Å². The van der Waals surface area contributed by atoms with Gasteiger partial charge in [-0.1, -0.05) is 37.6 Å². The summed E-state index contributed by atoms with van der Waals surface area (Å²) in [5.41, 5.74) is 2.02. The van der Waals surface area contributed by atoms with Gasteiger partial charge >= 0.3 is 0 Å². The second-order valence-corrected chi connectivity index (χ2v) is 3.98. The Bertz CT molecular complexity index is 321. The topological polar surface area (TPSA) is 40.5 Å². The number of carbonyl (C=O) groups excluding carboxylic acids is 1. The van der Waals surface area contributed by atoms with Gasteiger partial charge in [0.2, 0.25) is 6.41 Å². The first-order valence-corrected chi connectivity index (χ1v) is 5.59. The van der Waals surface area contributed by atoms with E-state index in [0.717, 1.165) is 30.4 Å². The Labute approximate surface area is 96.7 Å². The number of hydrogen-bond acceptors (Lipinski definition) is 2. The maximum Gasteiger partial charge on any atom is 0.209 e. The molecule has 3 nitrogen and oxygen atoms in total. The van der Waals surface area contributed by atoms with E-state index in [9.17, 15) is 4.79 Å². The Morgan fingerprint density at radius 3 is 2.44 bits per heavy atom. The molecule has 1 aromatic rings. The maximum absolute atomic E-state index is 10.8. The molecule has 88 valence electrons. The van der Waals surface area contributed by atoms with E-state index in [1.54, 1.807) is 11.9 Å². The van der Waals surface area contributed by atoms with Crippen LogP contribution in [0.15, 0.2) is 24.3 Å². The molecule has 1 aromatic carbocycles. The summed E-state index contributed by atoms with van der Waals surface area (Å²) in [4.78, 5) is 12.5. The molecule has 3 heteroatoms. The monoisotopic (exact) mass is 221 g/mol. The van der Waals surface area contributed by atoms with Crippen LogP contribution in [0, 0.1) is 0 Å². The predicted octanol–water partition coefficient (Wildman–Crippen LogP) is 2.11. The van der Waals surface area contributed by atoms with Crippen LogP contribution in [-0.4, -0.2) is 23.5 Å². The normalized spacial score (nSPS) is 12.2. The van der Waals surface area contributed by atoms with Crippen LogP contribution in [0.4, 0.5) is 0 Å². The number of nitrogens with zero attached hydrogens (tertiary/aromatic N) is 1. The van der Waals surface area contributed by atoms with Gasteiger partial charge < -0.3 is 10.0 Å². The van der Waals surface area contributed by atoms with Crippen molar-refractivity contribution in [3.63, 3.8) is 0 Å². The molecule has 0 saturated heterocycles. The first kappa shape index (κ1) is 12.7. The average molecular weight is 221 g/mol. The minimum atomic E-state index is 0.0578. The molecule has 0 aromatic heterocycles. The lowest BCUT2D eigenvalue weighted by atomic mass is 10.0. The van der Waals surface area contributed by atoms with Gasteiger partial charge in [-0.05, 0) is 17.5 Å². The lowest BCUT2D eigenvalue weighted by Gasteiger charge is -2.24. The van der Waals surface area contributed by atoms with Crippen molar-refractivity contribution in [2.24, 2.45) is 0 Å². The summed E-state index contributed by atoms with van der Waals surface area (Å²) in [7, 11) is 1.80. The fraction of sp³-hybridized carbons (Fsp3) is 0.462. The predicted molar refractivity (Wildman–Crippen MR) is 63.8 cm³/mol. The van der Waals surface area contributed by atoms with Crippen LogP contribution in [0.25, 0.3) is 0 Å². The highest BCUT2D eigenvalue weighted by molar-refractivity contribution is 5.48. The number of benzene rings is 1. The number of aliphatic hydroxyl groups excluding tert-OH is 1. The minimum absolute atomic E-state index is 0.0578. The van der Waals surface area contributed by atoms with E-state index in [1.807, 2.05) is 24.3 Å². The zero-order chi connectivity index (χ0) is 12.0. The van der Waals surface area contributed by atoms with E-state index in [2.05, 4.69) is 6.92 Å². The number of hydrogen-bond donors (Lipinski definition) is 1. The van der Waals surface area contributed by atoms with E-state index < -0.39 is 0 Å². The zero-order valence-corrected chi connectivity index (χ0v) is 9.89. The molecule has 1 unspecified atom stereocenters. The van der Waals surface area contributed by atoms with Crippen molar-refractivity contribution in [3.8, 4) is 0 Å². The summed E-state index contributed by atoms with van der Waals surface area (Å²) in [6, 6.07) is 7.89. The van der Waals surface area contributed by atoms with Gasteiger partial charge in [0.25, 0.3) is 0 Å². The van der Waals surface area contributed by atoms with E-state index in [-0.39, 0.29) is 12.6 Å². The largest absolute Gasteiger partial charge is 0.392 e. The highest BCUT2D eigenvalue weighted by Crippen LogP contribution is 2.23. The molecule has 16 heavy (non-hydrogen) atoms. The minimum Gasteiger partial charge on any atom is -0.392 e. The van der Waals surface area contributed by atoms with Crippen molar-refractivity contribution in [2.75, 3.05) is 7.05 Å². The van der Waals surface area contributed by atoms with Crippen molar-refractivity contribution < 1.29 is 9.90 Å². The Balaban J connectivity index is 2.87. The van der Waals surface area contributed by atoms with Crippen LogP contribution in [0.2, 0.25) is 0 Å². The van der Waals surface area contributed by atoms with Crippen LogP contribution < -0.4 is 0 Å². The molecule has 1 N–H and O–H groups in total. The molecule has 0 aliphatic heterocycles. The Morgan fingerprint density at radius 2 is 2.00 bits per heavy atom. The third-order valence-corrected chi connectivity index (χ3v) is 2.77. The Hall–Kier alpha value is -1.35. The van der Waals surface area contributed by atoms with Gasteiger partial charge in [-0.25, -0.2) is 0 Å². The van der Waals surface area contributed by atoms with Crippen LogP contribution in [0.3, 0.4) is 0 Å². The molecule has 1 amide bonds. The van der Waals surface area contributed by atoms with Gasteiger partial charge in [0.1, 0.15) is 0 Å². The fourth-order valence-corrected chi connectivity index (χ4v) is 1.80. The molecule has 0 heterocycles. The molecule has 0 aliphatic carbocycles. The summed E-state index contributed by atoms with van der Waals surface area (Å²) >= 11 is 0. The Morgan fingerprint density at radius 1 is 1.38 bits per heavy atom. The summed E-state index contributed by atoms with van der Waals surface area (Å²) in [5, 5.41) is 8.96. The van der Waals surface area contributed by atoms with Crippen molar-refractivity contribution >= 4 is 6.41 Å². The lowest BCUT2D eigenvalue weighted by molar-refractivity contribution is -0.119. The second-order valence-electron chi connectivity index (χ2n) is 3.98. The third-order valence-electron chi connectivity index (χ3n) is 2.77. The number of rotatable bonds is 6. The number of amides is 1. The molecule has 0 bridgehead atoms. The van der Waals surface area contributed by atoms with E-state index in [1.165, 1.54) is 0 Å². The highest BCUT2D eigenvalue weighted by Gasteiger charge is 2.14. The SMILES string of the molecule is CCCC(c1ccc(CO)cc1)N(C)C=O. The molecule has 0 saturated carbocycles. The van der Waals surface area contributed by atoms with E-state index in [0.29, 0.717) is 0 Å². The van der Waals surface area contributed by atoms with Gasteiger partial charge in [0.05, 0.1) is 12.6 Å². The van der Waals surface area contributed by atoms with Gasteiger partial charge in [-0.2, -0.15) is 0 Å². The lowest BCUT2D eigenvalue weighted by Crippen LogP contribution is -2.22. The third kappa shape index (κ3) is 3.07. The summed E-state index contributed by atoms with van der Waals surface area (Å²) in [6.45, 7) is 2.16. The van der Waals surface area contributed by atoms with Gasteiger partial charge in [-0.15, -0.1) is 0 Å². The molecule has 0 radical (unpaired) electrons. The standard InChI is InChI=1S/C13H19NO2/c1-3-4-13(14(2)10-16)12-7-5-11(9-15)6-8-12/h5-8,10,13,15H,3-4,9H2,1-2H3. The van der Waals surface area contributed by atoms with Gasteiger partial charge in [0, 0.05) is 7.05 Å². The van der Waals surface area contributed by atoms with Gasteiger partial charge in [-0.3, -0.25) is 4.79 Å². The van der Waals surface area contributed by atoms with Crippen LogP contribution in [0.5, 0.6) is 0 Å². The first-order chi connectivity index (χ1) is 7.72. The first-order valence-electron chi connectivity index (χ1n) is 5.59. The van der Waals surface area contributed by atoms with Crippen molar-refractivity contribution in [1.82, 2.24) is 4.90 Å². The van der Waals surface area contributed by atoms with E-state index >= 15 is 0 Å². The zero-order valence-electron chi connectivity index (χ0n) is 9.89. The molecular formula is C13H19NO2. The Kier molecular flexibility index (Phi) is 4.99.